The Morgan fingerprint density at radius 1 is 1.06 bits per heavy atom. The Bertz CT molecular complexity index is 1250. The van der Waals surface area contributed by atoms with Crippen LogP contribution in [0.15, 0.2) is 75.2 Å². The molecule has 0 aliphatic heterocycles. The van der Waals surface area contributed by atoms with Crippen molar-refractivity contribution in [2.24, 2.45) is 0 Å². The second kappa shape index (κ2) is 11.0. The molecule has 0 heterocycles. The maximum absolute atomic E-state index is 12.5. The lowest BCUT2D eigenvalue weighted by atomic mass is 10.1. The van der Waals surface area contributed by atoms with Crippen molar-refractivity contribution in [2.75, 3.05) is 5.32 Å². The summed E-state index contributed by atoms with van der Waals surface area (Å²) in [4.78, 5) is 12.5. The maximum Gasteiger partial charge on any atom is 0.266 e. The van der Waals surface area contributed by atoms with Gasteiger partial charge in [0.05, 0.1) is 20.6 Å². The molecule has 0 radical (unpaired) electrons. The fourth-order valence-electron chi connectivity index (χ4n) is 2.75. The molecule has 1 amide bonds. The minimum Gasteiger partial charge on any atom is -0.486 e. The van der Waals surface area contributed by atoms with E-state index in [1.54, 1.807) is 48.5 Å². The first-order valence-electron chi connectivity index (χ1n) is 9.20. The fourth-order valence-corrected chi connectivity index (χ4v) is 4.33. The Morgan fingerprint density at radius 2 is 1.72 bits per heavy atom. The molecule has 0 fully saturated rings. The Labute approximate surface area is 207 Å². The van der Waals surface area contributed by atoms with Crippen molar-refractivity contribution in [1.29, 1.82) is 10.5 Å². The van der Waals surface area contributed by atoms with E-state index < -0.39 is 5.91 Å². The highest BCUT2D eigenvalue weighted by atomic mass is 79.9. The number of anilines is 1. The molecule has 0 atom stereocenters. The number of rotatable bonds is 6. The van der Waals surface area contributed by atoms with Crippen LogP contribution < -0.4 is 10.1 Å². The van der Waals surface area contributed by atoms with Gasteiger partial charge in [-0.05, 0) is 86.0 Å². The smallest absolute Gasteiger partial charge is 0.266 e. The van der Waals surface area contributed by atoms with Gasteiger partial charge in [0.15, 0.2) is 0 Å². The summed E-state index contributed by atoms with van der Waals surface area (Å²) in [5, 5.41) is 21.9. The SMILES string of the molecule is N#C/C(=C/c1cc(Br)c(OCc2ccccc2C#N)c(Br)c1)C(=O)Nc1ccc(Cl)cc1. The standard InChI is InChI=1S/C24H14Br2ClN3O2/c25-21-10-15(9-18(13-29)24(31)30-20-7-5-19(27)6-8-20)11-22(26)23(21)32-14-17-4-2-1-3-16(17)12-28/h1-11H,14H2,(H,30,31)/b18-9-. The number of nitrogens with zero attached hydrogens (tertiary/aromatic N) is 2. The zero-order valence-electron chi connectivity index (χ0n) is 16.4. The Morgan fingerprint density at radius 3 is 2.34 bits per heavy atom. The van der Waals surface area contributed by atoms with Gasteiger partial charge in [0.25, 0.3) is 5.91 Å². The van der Waals surface area contributed by atoms with Crippen LogP contribution in [0.1, 0.15) is 16.7 Å². The van der Waals surface area contributed by atoms with Gasteiger partial charge < -0.3 is 10.1 Å². The van der Waals surface area contributed by atoms with Crippen molar-refractivity contribution in [3.63, 3.8) is 0 Å². The summed E-state index contributed by atoms with van der Waals surface area (Å²) in [6.45, 7) is 0.211. The molecule has 3 aromatic rings. The van der Waals surface area contributed by atoms with Crippen LogP contribution in [0.5, 0.6) is 5.75 Å². The fraction of sp³-hybridized carbons (Fsp3) is 0.0417. The van der Waals surface area contributed by atoms with Gasteiger partial charge >= 0.3 is 0 Å². The molecule has 32 heavy (non-hydrogen) atoms. The van der Waals surface area contributed by atoms with Crippen molar-refractivity contribution in [3.8, 4) is 17.9 Å². The number of hydrogen-bond acceptors (Lipinski definition) is 4. The van der Waals surface area contributed by atoms with Crippen LogP contribution in [-0.2, 0) is 11.4 Å². The van der Waals surface area contributed by atoms with E-state index in [0.29, 0.717) is 36.5 Å². The molecule has 0 unspecified atom stereocenters. The van der Waals surface area contributed by atoms with E-state index in [2.05, 4.69) is 43.2 Å². The van der Waals surface area contributed by atoms with Gasteiger partial charge in [0.1, 0.15) is 24.0 Å². The summed E-state index contributed by atoms with van der Waals surface area (Å²) in [7, 11) is 0. The first kappa shape index (κ1) is 23.6. The average Bonchev–Trinajstić information content (AvgIpc) is 2.78. The highest BCUT2D eigenvalue weighted by Gasteiger charge is 2.13. The van der Waals surface area contributed by atoms with E-state index in [1.807, 2.05) is 18.2 Å². The van der Waals surface area contributed by atoms with Gasteiger partial charge in [0.2, 0.25) is 0 Å². The monoisotopic (exact) mass is 569 g/mol. The largest absolute Gasteiger partial charge is 0.486 e. The minimum absolute atomic E-state index is 0.0598. The van der Waals surface area contributed by atoms with E-state index >= 15 is 0 Å². The first-order chi connectivity index (χ1) is 15.4. The highest BCUT2D eigenvalue weighted by molar-refractivity contribution is 9.11. The molecule has 0 spiro atoms. The minimum atomic E-state index is -0.532. The maximum atomic E-state index is 12.5. The number of carbonyl (C=O) groups is 1. The molecule has 1 N–H and O–H groups in total. The van der Waals surface area contributed by atoms with Crippen LogP contribution in [0, 0.1) is 22.7 Å². The van der Waals surface area contributed by atoms with Crippen LogP contribution in [0.25, 0.3) is 6.08 Å². The summed E-state index contributed by atoms with van der Waals surface area (Å²) in [6.07, 6.45) is 1.48. The topological polar surface area (TPSA) is 85.9 Å². The van der Waals surface area contributed by atoms with Crippen molar-refractivity contribution < 1.29 is 9.53 Å². The van der Waals surface area contributed by atoms with Gasteiger partial charge in [-0.25, -0.2) is 0 Å². The number of benzene rings is 3. The number of nitrogens with one attached hydrogen (secondary N) is 1. The molecule has 8 heteroatoms. The van der Waals surface area contributed by atoms with E-state index in [1.165, 1.54) is 6.08 Å². The predicted octanol–water partition coefficient (Wildman–Crippen LogP) is 6.86. The summed E-state index contributed by atoms with van der Waals surface area (Å²) >= 11 is 12.8. The van der Waals surface area contributed by atoms with Crippen molar-refractivity contribution in [2.45, 2.75) is 6.61 Å². The molecule has 3 aromatic carbocycles. The summed E-state index contributed by atoms with van der Waals surface area (Å²) < 4.78 is 7.15. The van der Waals surface area contributed by atoms with E-state index in [9.17, 15) is 15.3 Å². The van der Waals surface area contributed by atoms with Crippen molar-refractivity contribution in [1.82, 2.24) is 0 Å². The van der Waals surface area contributed by atoms with Crippen LogP contribution in [0.2, 0.25) is 5.02 Å². The van der Waals surface area contributed by atoms with Crippen LogP contribution in [0.4, 0.5) is 5.69 Å². The molecule has 0 aliphatic carbocycles. The molecule has 0 saturated heterocycles. The molecule has 0 bridgehead atoms. The lowest BCUT2D eigenvalue weighted by Crippen LogP contribution is -2.13. The van der Waals surface area contributed by atoms with Crippen LogP contribution >= 0.6 is 43.5 Å². The van der Waals surface area contributed by atoms with Gasteiger partial charge in [-0.15, -0.1) is 0 Å². The van der Waals surface area contributed by atoms with Crippen molar-refractivity contribution >= 4 is 61.1 Å². The molecule has 0 aromatic heterocycles. The normalized spacial score (nSPS) is 10.7. The number of hydrogen-bond donors (Lipinski definition) is 1. The van der Waals surface area contributed by atoms with E-state index in [0.717, 1.165) is 5.56 Å². The summed E-state index contributed by atoms with van der Waals surface area (Å²) in [5.41, 5.74) is 2.41. The quantitative estimate of drug-likeness (QED) is 0.259. The molecular weight excluding hydrogens is 558 g/mol. The zero-order valence-corrected chi connectivity index (χ0v) is 20.3. The molecule has 5 nitrogen and oxygen atoms in total. The second-order valence-corrected chi connectivity index (χ2v) is 8.65. The molecule has 158 valence electrons. The summed E-state index contributed by atoms with van der Waals surface area (Å²) in [5.74, 6) is 0.00882. The third kappa shape index (κ3) is 5.99. The van der Waals surface area contributed by atoms with E-state index in [4.69, 9.17) is 16.3 Å². The third-order valence-corrected chi connectivity index (χ3v) is 5.74. The molecule has 0 aliphatic rings. The van der Waals surface area contributed by atoms with Gasteiger partial charge in [-0.3, -0.25) is 4.79 Å². The van der Waals surface area contributed by atoms with Crippen LogP contribution in [0.3, 0.4) is 0 Å². The second-order valence-electron chi connectivity index (χ2n) is 6.50. The average molecular weight is 572 g/mol. The molecular formula is C24H14Br2ClN3O2. The first-order valence-corrected chi connectivity index (χ1v) is 11.2. The highest BCUT2D eigenvalue weighted by Crippen LogP contribution is 2.36. The Hall–Kier alpha value is -3.10. The molecule has 0 saturated carbocycles. The lowest BCUT2D eigenvalue weighted by Gasteiger charge is -2.12. The number of halogens is 3. The number of nitriles is 2. The van der Waals surface area contributed by atoms with Gasteiger partial charge in [0, 0.05) is 16.3 Å². The van der Waals surface area contributed by atoms with Gasteiger partial charge in [-0.2, -0.15) is 10.5 Å². The number of carbonyl (C=O) groups excluding carboxylic acids is 1. The summed E-state index contributed by atoms with van der Waals surface area (Å²) in [6, 6.07) is 21.3. The lowest BCUT2D eigenvalue weighted by molar-refractivity contribution is -0.112. The number of amides is 1. The zero-order chi connectivity index (χ0) is 23.1. The molecule has 3 rings (SSSR count). The van der Waals surface area contributed by atoms with Crippen molar-refractivity contribution in [3.05, 3.63) is 96.9 Å². The predicted molar refractivity (Wildman–Crippen MR) is 131 cm³/mol. The van der Waals surface area contributed by atoms with Crippen LogP contribution in [-0.4, -0.2) is 5.91 Å². The Balaban J connectivity index is 1.78. The Kier molecular flexibility index (Phi) is 8.08. The number of ether oxygens (including phenoxy) is 1. The third-order valence-electron chi connectivity index (χ3n) is 4.31. The van der Waals surface area contributed by atoms with E-state index in [-0.39, 0.29) is 12.2 Å². The van der Waals surface area contributed by atoms with Gasteiger partial charge in [-0.1, -0.05) is 29.8 Å².